The number of ether oxygens (including phenoxy) is 2. The normalized spacial score (nSPS) is 16.7. The van der Waals surface area contributed by atoms with E-state index in [0.29, 0.717) is 28.6 Å². The van der Waals surface area contributed by atoms with Crippen molar-refractivity contribution in [2.24, 2.45) is 0 Å². The second-order valence-corrected chi connectivity index (χ2v) is 9.09. The zero-order valence-corrected chi connectivity index (χ0v) is 21.6. The molecule has 0 spiro atoms. The third kappa shape index (κ3) is 5.08. The molecule has 8 heteroatoms. The molecule has 37 heavy (non-hydrogen) atoms. The highest BCUT2D eigenvalue weighted by Crippen LogP contribution is 2.43. The van der Waals surface area contributed by atoms with E-state index in [1.54, 1.807) is 49.4 Å². The first-order valence-electron chi connectivity index (χ1n) is 11.7. The standard InChI is InChI=1S/C29H26ClNO6/c1-5-36-24-15-20(10-12-23(24)30)27(33)25-26(19-7-6-8-22(14-19)37-18(4)32)31(29(35)28(25)34)21-11-9-16(2)17(3)13-21/h6-15,26,33H,5H2,1-4H3/b27-25+. The highest BCUT2D eigenvalue weighted by atomic mass is 35.5. The molecule has 1 N–H and O–H groups in total. The molecule has 1 aliphatic heterocycles. The van der Waals surface area contributed by atoms with Gasteiger partial charge in [-0.2, -0.15) is 0 Å². The number of hydrogen-bond acceptors (Lipinski definition) is 6. The average Bonchev–Trinajstić information content (AvgIpc) is 3.12. The molecular formula is C29H26ClNO6. The fourth-order valence-corrected chi connectivity index (χ4v) is 4.45. The van der Waals surface area contributed by atoms with Crippen molar-refractivity contribution >= 4 is 40.7 Å². The number of halogens is 1. The number of aryl methyl sites for hydroxylation is 2. The zero-order valence-electron chi connectivity index (χ0n) is 20.9. The third-order valence-electron chi connectivity index (χ3n) is 6.15. The lowest BCUT2D eigenvalue weighted by molar-refractivity contribution is -0.132. The maximum Gasteiger partial charge on any atom is 0.308 e. The van der Waals surface area contributed by atoms with Crippen LogP contribution in [0.5, 0.6) is 11.5 Å². The minimum Gasteiger partial charge on any atom is -0.507 e. The Morgan fingerprint density at radius 3 is 2.46 bits per heavy atom. The molecule has 1 aliphatic rings. The summed E-state index contributed by atoms with van der Waals surface area (Å²) in [5, 5.41) is 11.7. The number of amides is 1. The quantitative estimate of drug-likeness (QED) is 0.143. The highest BCUT2D eigenvalue weighted by Gasteiger charge is 2.47. The van der Waals surface area contributed by atoms with Crippen molar-refractivity contribution in [2.45, 2.75) is 33.7 Å². The van der Waals surface area contributed by atoms with E-state index in [1.807, 2.05) is 26.0 Å². The molecule has 0 bridgehead atoms. The number of aliphatic hydroxyl groups is 1. The maximum atomic E-state index is 13.4. The van der Waals surface area contributed by atoms with Gasteiger partial charge in [-0.25, -0.2) is 0 Å². The van der Waals surface area contributed by atoms with Crippen LogP contribution < -0.4 is 14.4 Å². The van der Waals surface area contributed by atoms with Gasteiger partial charge in [0.05, 0.1) is 23.2 Å². The summed E-state index contributed by atoms with van der Waals surface area (Å²) in [5.41, 5.74) is 3.11. The van der Waals surface area contributed by atoms with Gasteiger partial charge in [-0.1, -0.05) is 29.8 Å². The Morgan fingerprint density at radius 1 is 1.03 bits per heavy atom. The molecule has 0 aromatic heterocycles. The molecule has 1 fully saturated rings. The Hall–Kier alpha value is -4.10. The predicted octanol–water partition coefficient (Wildman–Crippen LogP) is 5.91. The minimum atomic E-state index is -0.983. The van der Waals surface area contributed by atoms with E-state index in [4.69, 9.17) is 21.1 Å². The number of nitrogens with zero attached hydrogens (tertiary/aromatic N) is 1. The lowest BCUT2D eigenvalue weighted by Gasteiger charge is -2.26. The van der Waals surface area contributed by atoms with Crippen molar-refractivity contribution in [3.63, 3.8) is 0 Å². The number of rotatable bonds is 6. The molecule has 4 rings (SSSR count). The van der Waals surface area contributed by atoms with Gasteiger partial charge in [0.25, 0.3) is 11.7 Å². The smallest absolute Gasteiger partial charge is 0.308 e. The molecule has 0 aliphatic carbocycles. The van der Waals surface area contributed by atoms with E-state index in [9.17, 15) is 19.5 Å². The van der Waals surface area contributed by atoms with Crippen LogP contribution in [0.15, 0.2) is 66.2 Å². The minimum absolute atomic E-state index is 0.104. The van der Waals surface area contributed by atoms with Crippen LogP contribution in [0.1, 0.15) is 42.1 Å². The summed E-state index contributed by atoms with van der Waals surface area (Å²) in [6.07, 6.45) is 0. The number of Topliss-reactive ketones (excluding diaryl/α,β-unsaturated/α-hetero) is 1. The van der Waals surface area contributed by atoms with Gasteiger partial charge in [-0.15, -0.1) is 0 Å². The van der Waals surface area contributed by atoms with E-state index in [1.165, 1.54) is 17.9 Å². The van der Waals surface area contributed by atoms with Gasteiger partial charge in [-0.05, 0) is 79.9 Å². The molecule has 1 heterocycles. The second kappa shape index (κ2) is 10.5. The van der Waals surface area contributed by atoms with Crippen LogP contribution in [0.4, 0.5) is 5.69 Å². The molecule has 1 amide bonds. The molecule has 3 aromatic carbocycles. The monoisotopic (exact) mass is 519 g/mol. The van der Waals surface area contributed by atoms with Gasteiger partial charge >= 0.3 is 5.97 Å². The first-order chi connectivity index (χ1) is 17.6. The molecule has 7 nitrogen and oxygen atoms in total. The lowest BCUT2D eigenvalue weighted by atomic mass is 9.94. The summed E-state index contributed by atoms with van der Waals surface area (Å²) in [6, 6.07) is 15.6. The molecule has 0 radical (unpaired) electrons. The van der Waals surface area contributed by atoms with E-state index in [-0.39, 0.29) is 22.6 Å². The van der Waals surface area contributed by atoms with Crippen molar-refractivity contribution in [3.05, 3.63) is 93.5 Å². The predicted molar refractivity (Wildman–Crippen MR) is 141 cm³/mol. The SMILES string of the molecule is CCOc1cc(/C(O)=C2\C(=O)C(=O)N(c3ccc(C)c(C)c3)C2c2cccc(OC(C)=O)c2)ccc1Cl. The van der Waals surface area contributed by atoms with Crippen molar-refractivity contribution < 1.29 is 29.0 Å². The molecule has 1 unspecified atom stereocenters. The van der Waals surface area contributed by atoms with Gasteiger partial charge in [0.1, 0.15) is 17.3 Å². The Kier molecular flexibility index (Phi) is 7.36. The number of benzene rings is 3. The molecule has 0 saturated carbocycles. The Labute approximate surface area is 219 Å². The number of carbonyl (C=O) groups excluding carboxylic acids is 3. The van der Waals surface area contributed by atoms with Crippen molar-refractivity contribution in [1.29, 1.82) is 0 Å². The topological polar surface area (TPSA) is 93.1 Å². The Morgan fingerprint density at radius 2 is 1.78 bits per heavy atom. The molecular weight excluding hydrogens is 494 g/mol. The Bertz CT molecular complexity index is 1440. The average molecular weight is 520 g/mol. The van der Waals surface area contributed by atoms with E-state index in [2.05, 4.69) is 0 Å². The van der Waals surface area contributed by atoms with Crippen LogP contribution >= 0.6 is 11.6 Å². The lowest BCUT2D eigenvalue weighted by Crippen LogP contribution is -2.29. The third-order valence-corrected chi connectivity index (χ3v) is 6.47. The first-order valence-corrected chi connectivity index (χ1v) is 12.1. The number of aliphatic hydroxyl groups excluding tert-OH is 1. The maximum absolute atomic E-state index is 13.4. The van der Waals surface area contributed by atoms with Crippen LogP contribution in [-0.4, -0.2) is 29.4 Å². The molecule has 1 atom stereocenters. The summed E-state index contributed by atoms with van der Waals surface area (Å²) in [5.74, 6) is -1.92. The fraction of sp³-hybridized carbons (Fsp3) is 0.207. The molecule has 3 aromatic rings. The van der Waals surface area contributed by atoms with Crippen molar-refractivity contribution in [1.82, 2.24) is 0 Å². The number of carbonyl (C=O) groups is 3. The number of esters is 1. The summed E-state index contributed by atoms with van der Waals surface area (Å²) in [6.45, 7) is 7.29. The Balaban J connectivity index is 1.95. The van der Waals surface area contributed by atoms with Gasteiger partial charge in [-0.3, -0.25) is 19.3 Å². The van der Waals surface area contributed by atoms with Gasteiger partial charge in [0, 0.05) is 18.2 Å². The van der Waals surface area contributed by atoms with Gasteiger partial charge < -0.3 is 14.6 Å². The number of ketones is 1. The van der Waals surface area contributed by atoms with E-state index < -0.39 is 23.7 Å². The van der Waals surface area contributed by atoms with E-state index in [0.717, 1.165) is 11.1 Å². The zero-order chi connectivity index (χ0) is 26.9. The van der Waals surface area contributed by atoms with Crippen LogP contribution in [-0.2, 0) is 14.4 Å². The van der Waals surface area contributed by atoms with Crippen molar-refractivity contribution in [2.75, 3.05) is 11.5 Å². The van der Waals surface area contributed by atoms with Crippen LogP contribution in [0, 0.1) is 13.8 Å². The first kappa shape index (κ1) is 26.0. The summed E-state index contributed by atoms with van der Waals surface area (Å²) in [7, 11) is 0. The summed E-state index contributed by atoms with van der Waals surface area (Å²) < 4.78 is 10.8. The number of hydrogen-bond donors (Lipinski definition) is 1. The highest BCUT2D eigenvalue weighted by molar-refractivity contribution is 6.51. The molecule has 190 valence electrons. The summed E-state index contributed by atoms with van der Waals surface area (Å²) in [4.78, 5) is 39.8. The van der Waals surface area contributed by atoms with Gasteiger partial charge in [0.15, 0.2) is 0 Å². The fourth-order valence-electron chi connectivity index (χ4n) is 4.28. The molecule has 1 saturated heterocycles. The van der Waals surface area contributed by atoms with Crippen LogP contribution in [0.3, 0.4) is 0 Å². The largest absolute Gasteiger partial charge is 0.507 e. The van der Waals surface area contributed by atoms with Gasteiger partial charge in [0.2, 0.25) is 0 Å². The van der Waals surface area contributed by atoms with Crippen LogP contribution in [0.25, 0.3) is 5.76 Å². The van der Waals surface area contributed by atoms with Crippen molar-refractivity contribution in [3.8, 4) is 11.5 Å². The van der Waals surface area contributed by atoms with E-state index >= 15 is 0 Å². The second-order valence-electron chi connectivity index (χ2n) is 8.68. The number of anilines is 1. The van der Waals surface area contributed by atoms with Crippen LogP contribution in [0.2, 0.25) is 5.02 Å². The summed E-state index contributed by atoms with van der Waals surface area (Å²) >= 11 is 6.21.